The van der Waals surface area contributed by atoms with Gasteiger partial charge < -0.3 is 10.0 Å². The average Bonchev–Trinajstić information content (AvgIpc) is 3.09. The molecule has 1 heterocycles. The highest BCUT2D eigenvalue weighted by molar-refractivity contribution is 6.00. The second-order valence-corrected chi connectivity index (χ2v) is 10.1. The molecule has 37 heavy (non-hydrogen) atoms. The number of carbonyl (C=O) groups is 1. The Labute approximate surface area is 217 Å². The number of nitriles is 1. The van der Waals surface area contributed by atoms with Crippen molar-refractivity contribution in [3.63, 3.8) is 0 Å². The molecule has 2 aliphatic rings. The van der Waals surface area contributed by atoms with Crippen molar-refractivity contribution < 1.29 is 14.3 Å². The van der Waals surface area contributed by atoms with Crippen LogP contribution in [0.3, 0.4) is 0 Å². The minimum absolute atomic E-state index is 0.248. The van der Waals surface area contributed by atoms with Crippen LogP contribution in [-0.2, 0) is 12.8 Å². The zero-order chi connectivity index (χ0) is 25.8. The van der Waals surface area contributed by atoms with Crippen LogP contribution in [0.25, 0.3) is 11.1 Å². The van der Waals surface area contributed by atoms with Crippen LogP contribution >= 0.6 is 0 Å². The maximum Gasteiger partial charge on any atom is 0.335 e. The molecule has 0 spiro atoms. The number of aromatic carboxylic acids is 1. The molecule has 5 heteroatoms. The van der Waals surface area contributed by atoms with Gasteiger partial charge in [0.25, 0.3) is 0 Å². The van der Waals surface area contributed by atoms with Crippen LogP contribution in [0.2, 0.25) is 0 Å². The summed E-state index contributed by atoms with van der Waals surface area (Å²) in [5.74, 6) is -0.301. The van der Waals surface area contributed by atoms with Crippen molar-refractivity contribution in [2.45, 2.75) is 32.1 Å². The lowest BCUT2D eigenvalue weighted by Crippen LogP contribution is -2.47. The number of nitrogens with zero attached hydrogens (tertiary/aromatic N) is 2. The molecule has 0 saturated carbocycles. The summed E-state index contributed by atoms with van der Waals surface area (Å²) in [6, 6.07) is 24.2. The highest BCUT2D eigenvalue weighted by Gasteiger charge is 2.26. The molecule has 0 aromatic heterocycles. The van der Waals surface area contributed by atoms with Crippen molar-refractivity contribution in [2.24, 2.45) is 5.92 Å². The van der Waals surface area contributed by atoms with E-state index < -0.39 is 5.97 Å². The monoisotopic (exact) mass is 494 g/mol. The minimum atomic E-state index is -0.914. The number of aryl methyl sites for hydroxylation is 1. The van der Waals surface area contributed by atoms with E-state index in [9.17, 15) is 19.6 Å². The maximum absolute atomic E-state index is 12.4. The standard InChI is InChI=1S/C32H31FN2O2/c33-14-3-15-35-20-24(21-35)16-22-8-10-25(11-9-22)31-29(26-5-1-4-23(17-26)19-34)7-2-6-27-18-28(32(36)37)12-13-30(27)31/h1,4-5,8-13,17-18,24H,2-3,6-7,14-16,20-21H2,(H,36,37). The lowest BCUT2D eigenvalue weighted by atomic mass is 9.86. The molecule has 0 amide bonds. The first-order chi connectivity index (χ1) is 18.1. The number of rotatable bonds is 8. The summed E-state index contributed by atoms with van der Waals surface area (Å²) in [4.78, 5) is 14.0. The third-order valence-corrected chi connectivity index (χ3v) is 7.54. The fraction of sp³-hybridized carbons (Fsp3) is 0.312. The van der Waals surface area contributed by atoms with Gasteiger partial charge in [0.2, 0.25) is 0 Å². The molecule has 1 aliphatic carbocycles. The number of hydrogen-bond donors (Lipinski definition) is 1. The number of carboxylic acids is 1. The lowest BCUT2D eigenvalue weighted by molar-refractivity contribution is 0.0696. The van der Waals surface area contributed by atoms with Crippen LogP contribution in [0, 0.1) is 17.2 Å². The van der Waals surface area contributed by atoms with Gasteiger partial charge in [0, 0.05) is 19.6 Å². The molecule has 1 saturated heterocycles. The van der Waals surface area contributed by atoms with Gasteiger partial charge in [0.05, 0.1) is 23.9 Å². The summed E-state index contributed by atoms with van der Waals surface area (Å²) in [6.07, 6.45) is 4.19. The Morgan fingerprint density at radius 3 is 2.57 bits per heavy atom. The number of alkyl halides is 1. The molecule has 0 atom stereocenters. The minimum Gasteiger partial charge on any atom is -0.478 e. The number of carboxylic acid groups (broad SMARTS) is 1. The maximum atomic E-state index is 12.4. The molecule has 0 bridgehead atoms. The van der Waals surface area contributed by atoms with E-state index in [1.807, 2.05) is 30.3 Å². The molecule has 4 nitrogen and oxygen atoms in total. The van der Waals surface area contributed by atoms with Gasteiger partial charge in [-0.3, -0.25) is 4.39 Å². The summed E-state index contributed by atoms with van der Waals surface area (Å²) >= 11 is 0. The fourth-order valence-electron chi connectivity index (χ4n) is 5.73. The van der Waals surface area contributed by atoms with E-state index >= 15 is 0 Å². The second-order valence-electron chi connectivity index (χ2n) is 10.1. The van der Waals surface area contributed by atoms with Crippen molar-refractivity contribution in [1.29, 1.82) is 5.26 Å². The van der Waals surface area contributed by atoms with E-state index in [1.54, 1.807) is 6.07 Å². The van der Waals surface area contributed by atoms with Gasteiger partial charge in [-0.1, -0.05) is 42.5 Å². The Hall–Kier alpha value is -3.75. The highest BCUT2D eigenvalue weighted by Crippen LogP contribution is 2.40. The highest BCUT2D eigenvalue weighted by atomic mass is 19.1. The van der Waals surface area contributed by atoms with Crippen LogP contribution in [0.5, 0.6) is 0 Å². The van der Waals surface area contributed by atoms with Gasteiger partial charge in [-0.2, -0.15) is 5.26 Å². The van der Waals surface area contributed by atoms with E-state index in [1.165, 1.54) is 11.1 Å². The zero-order valence-electron chi connectivity index (χ0n) is 20.9. The summed E-state index contributed by atoms with van der Waals surface area (Å²) < 4.78 is 12.4. The Kier molecular flexibility index (Phi) is 7.48. The van der Waals surface area contributed by atoms with Crippen molar-refractivity contribution >= 4 is 17.1 Å². The van der Waals surface area contributed by atoms with E-state index in [0.717, 1.165) is 73.1 Å². The van der Waals surface area contributed by atoms with Crippen LogP contribution in [0.15, 0.2) is 66.7 Å². The molecule has 0 unspecified atom stereocenters. The number of halogens is 1. The number of likely N-dealkylation sites (tertiary alicyclic amines) is 1. The van der Waals surface area contributed by atoms with Crippen molar-refractivity contribution in [3.05, 3.63) is 106 Å². The van der Waals surface area contributed by atoms with Crippen molar-refractivity contribution in [3.8, 4) is 6.07 Å². The third kappa shape index (κ3) is 5.50. The Balaban J connectivity index is 1.50. The number of benzene rings is 3. The summed E-state index contributed by atoms with van der Waals surface area (Å²) in [5.41, 5.74) is 8.80. The van der Waals surface area contributed by atoms with Crippen LogP contribution in [0.1, 0.15) is 63.0 Å². The van der Waals surface area contributed by atoms with Gasteiger partial charge in [0.1, 0.15) is 0 Å². The molecule has 0 radical (unpaired) electrons. The molecule has 1 aliphatic heterocycles. The van der Waals surface area contributed by atoms with Crippen LogP contribution in [-0.4, -0.2) is 42.3 Å². The first-order valence-corrected chi connectivity index (χ1v) is 13.0. The topological polar surface area (TPSA) is 64.3 Å². The van der Waals surface area contributed by atoms with Gasteiger partial charge in [-0.25, -0.2) is 4.79 Å². The van der Waals surface area contributed by atoms with Crippen LogP contribution in [0.4, 0.5) is 4.39 Å². The quantitative estimate of drug-likeness (QED) is 0.394. The molecule has 188 valence electrons. The third-order valence-electron chi connectivity index (χ3n) is 7.54. The molecule has 5 rings (SSSR count). The molecule has 3 aromatic rings. The number of allylic oxidation sites excluding steroid dienone is 1. The average molecular weight is 495 g/mol. The largest absolute Gasteiger partial charge is 0.478 e. The lowest BCUT2D eigenvalue weighted by Gasteiger charge is -2.39. The van der Waals surface area contributed by atoms with Gasteiger partial charge >= 0.3 is 5.97 Å². The number of hydrogen-bond acceptors (Lipinski definition) is 3. The van der Waals surface area contributed by atoms with Crippen molar-refractivity contribution in [1.82, 2.24) is 4.90 Å². The summed E-state index contributed by atoms with van der Waals surface area (Å²) in [7, 11) is 0. The van der Waals surface area contributed by atoms with E-state index in [4.69, 9.17) is 0 Å². The Morgan fingerprint density at radius 2 is 1.84 bits per heavy atom. The first kappa shape index (κ1) is 24.9. The normalized spacial score (nSPS) is 16.0. The molecular weight excluding hydrogens is 463 g/mol. The van der Waals surface area contributed by atoms with Gasteiger partial charge in [-0.15, -0.1) is 0 Å². The predicted molar refractivity (Wildman–Crippen MR) is 144 cm³/mol. The summed E-state index contributed by atoms with van der Waals surface area (Å²) in [6.45, 7) is 2.66. The first-order valence-electron chi connectivity index (χ1n) is 13.0. The van der Waals surface area contributed by atoms with E-state index in [2.05, 4.69) is 41.3 Å². The zero-order valence-corrected chi connectivity index (χ0v) is 20.9. The van der Waals surface area contributed by atoms with Crippen LogP contribution < -0.4 is 0 Å². The fourth-order valence-corrected chi connectivity index (χ4v) is 5.73. The van der Waals surface area contributed by atoms with E-state index in [0.29, 0.717) is 23.5 Å². The molecular formula is C32H31FN2O2. The Bertz CT molecular complexity index is 1360. The SMILES string of the molecule is N#Cc1cccc(C2=C(c3ccc(CC4CN(CCCF)C4)cc3)c3ccc(C(=O)O)cc3CCC2)c1. The predicted octanol–water partition coefficient (Wildman–Crippen LogP) is 6.39. The van der Waals surface area contributed by atoms with E-state index in [-0.39, 0.29) is 6.67 Å². The smallest absolute Gasteiger partial charge is 0.335 e. The molecule has 1 fully saturated rings. The number of fused-ring (bicyclic) bond motifs is 1. The second kappa shape index (κ2) is 11.1. The Morgan fingerprint density at radius 1 is 1.03 bits per heavy atom. The molecule has 1 N–H and O–H groups in total. The summed E-state index contributed by atoms with van der Waals surface area (Å²) in [5, 5.41) is 19.0. The molecule has 3 aromatic carbocycles. The van der Waals surface area contributed by atoms with Gasteiger partial charge in [-0.05, 0) is 101 Å². The van der Waals surface area contributed by atoms with Gasteiger partial charge in [0.15, 0.2) is 0 Å². The van der Waals surface area contributed by atoms with Crippen molar-refractivity contribution in [2.75, 3.05) is 26.3 Å².